The van der Waals surface area contributed by atoms with Gasteiger partial charge < -0.3 is 20.5 Å². The molecule has 0 aliphatic carbocycles. The van der Waals surface area contributed by atoms with E-state index in [9.17, 15) is 9.59 Å². The molecule has 1 fully saturated rings. The molecule has 1 amide bonds. The van der Waals surface area contributed by atoms with Crippen LogP contribution in [0.4, 0.5) is 0 Å². The van der Waals surface area contributed by atoms with Gasteiger partial charge in [0.15, 0.2) is 6.04 Å². The molecule has 0 aromatic rings. The van der Waals surface area contributed by atoms with Crippen LogP contribution >= 0.6 is 0 Å². The second-order valence-electron chi connectivity index (χ2n) is 5.77. The molecule has 1 unspecified atom stereocenters. The van der Waals surface area contributed by atoms with Crippen LogP contribution in [0, 0.1) is 5.41 Å². The monoisotopic (exact) mass is 258 g/mol. The van der Waals surface area contributed by atoms with Crippen molar-refractivity contribution >= 4 is 11.9 Å². The molecular formula is C12H22N2O4. The molecule has 1 rings (SSSR count). The van der Waals surface area contributed by atoms with Gasteiger partial charge in [-0.15, -0.1) is 0 Å². The molecule has 0 spiro atoms. The number of morpholine rings is 1. The molecule has 1 heterocycles. The van der Waals surface area contributed by atoms with Gasteiger partial charge in [-0.05, 0) is 27.7 Å². The van der Waals surface area contributed by atoms with E-state index in [1.807, 2.05) is 0 Å². The topological polar surface area (TPSA) is 92.9 Å². The lowest BCUT2D eigenvalue weighted by Gasteiger charge is -2.43. The Bertz CT molecular complexity index is 346. The second-order valence-corrected chi connectivity index (χ2v) is 5.77. The average molecular weight is 258 g/mol. The fraction of sp³-hybridized carbons (Fsp3) is 0.833. The van der Waals surface area contributed by atoms with Crippen LogP contribution in [0.25, 0.3) is 0 Å². The number of rotatable bonds is 3. The van der Waals surface area contributed by atoms with Crippen LogP contribution in [-0.4, -0.2) is 53.2 Å². The Morgan fingerprint density at radius 1 is 1.33 bits per heavy atom. The summed E-state index contributed by atoms with van der Waals surface area (Å²) in [5.41, 5.74) is 4.45. The first-order valence-electron chi connectivity index (χ1n) is 5.99. The maximum absolute atomic E-state index is 12.5. The van der Waals surface area contributed by atoms with Gasteiger partial charge in [0, 0.05) is 12.1 Å². The summed E-state index contributed by atoms with van der Waals surface area (Å²) in [5.74, 6) is -1.29. The summed E-state index contributed by atoms with van der Waals surface area (Å²) in [6.07, 6.45) is 0. The Hall–Kier alpha value is -1.14. The van der Waals surface area contributed by atoms with E-state index < -0.39 is 23.0 Å². The highest BCUT2D eigenvalue weighted by Crippen LogP contribution is 2.31. The Labute approximate surface area is 107 Å². The Kier molecular flexibility index (Phi) is 4.02. The number of nitrogens with two attached hydrogens (primary N) is 1. The predicted molar refractivity (Wildman–Crippen MR) is 66.0 cm³/mol. The lowest BCUT2D eigenvalue weighted by atomic mass is 9.74. The van der Waals surface area contributed by atoms with Gasteiger partial charge in [-0.25, -0.2) is 4.79 Å². The lowest BCUT2D eigenvalue weighted by molar-refractivity contribution is -0.164. The third kappa shape index (κ3) is 2.64. The van der Waals surface area contributed by atoms with Gasteiger partial charge in [0.05, 0.1) is 18.6 Å². The average Bonchev–Trinajstić information content (AvgIpc) is 2.26. The summed E-state index contributed by atoms with van der Waals surface area (Å²) >= 11 is 0. The van der Waals surface area contributed by atoms with Crippen molar-refractivity contribution in [2.45, 2.75) is 39.3 Å². The number of hydrogen-bond acceptors (Lipinski definition) is 4. The smallest absolute Gasteiger partial charge is 0.328 e. The predicted octanol–water partition coefficient (Wildman–Crippen LogP) is 0.0619. The molecule has 1 aliphatic heterocycles. The number of amides is 1. The highest BCUT2D eigenvalue weighted by Gasteiger charge is 2.46. The number of hydrogen-bond donors (Lipinski definition) is 2. The zero-order valence-electron chi connectivity index (χ0n) is 11.4. The van der Waals surface area contributed by atoms with E-state index in [0.29, 0.717) is 6.61 Å². The van der Waals surface area contributed by atoms with Gasteiger partial charge in [0.2, 0.25) is 5.91 Å². The number of aliphatic carboxylic acids is 1. The molecule has 18 heavy (non-hydrogen) atoms. The van der Waals surface area contributed by atoms with E-state index in [0.717, 1.165) is 0 Å². The molecule has 0 aromatic heterocycles. The minimum atomic E-state index is -1.05. The zero-order chi connectivity index (χ0) is 14.1. The fourth-order valence-electron chi connectivity index (χ4n) is 1.69. The van der Waals surface area contributed by atoms with Gasteiger partial charge >= 0.3 is 5.97 Å². The Morgan fingerprint density at radius 2 is 1.89 bits per heavy atom. The van der Waals surface area contributed by atoms with Gasteiger partial charge in [0.1, 0.15) is 0 Å². The second kappa shape index (κ2) is 4.85. The van der Waals surface area contributed by atoms with Gasteiger partial charge in [-0.2, -0.15) is 0 Å². The van der Waals surface area contributed by atoms with Crippen LogP contribution in [0.2, 0.25) is 0 Å². The molecule has 0 bridgehead atoms. The van der Waals surface area contributed by atoms with E-state index in [1.165, 1.54) is 4.90 Å². The number of carboxylic acid groups (broad SMARTS) is 1. The van der Waals surface area contributed by atoms with E-state index >= 15 is 0 Å². The van der Waals surface area contributed by atoms with Crippen LogP contribution in [0.15, 0.2) is 0 Å². The molecule has 1 saturated heterocycles. The third-order valence-electron chi connectivity index (χ3n) is 3.82. The van der Waals surface area contributed by atoms with Crippen molar-refractivity contribution in [3.05, 3.63) is 0 Å². The maximum Gasteiger partial charge on any atom is 0.328 e. The summed E-state index contributed by atoms with van der Waals surface area (Å²) in [5, 5.41) is 9.12. The molecule has 6 heteroatoms. The molecule has 0 saturated carbocycles. The summed E-state index contributed by atoms with van der Waals surface area (Å²) < 4.78 is 5.12. The van der Waals surface area contributed by atoms with Crippen LogP contribution in [-0.2, 0) is 14.3 Å². The Balaban J connectivity index is 2.97. The lowest BCUT2D eigenvalue weighted by Crippen LogP contribution is -2.62. The SMILES string of the molecule is CC(C)(N)C(C)(C)C(=O)N1CCOCC1C(=O)O. The first kappa shape index (κ1) is 14.9. The quantitative estimate of drug-likeness (QED) is 0.747. The summed E-state index contributed by atoms with van der Waals surface area (Å²) in [6, 6.07) is -0.923. The first-order valence-corrected chi connectivity index (χ1v) is 5.99. The van der Waals surface area contributed by atoms with E-state index in [-0.39, 0.29) is 19.1 Å². The normalized spacial score (nSPS) is 21.8. The van der Waals surface area contributed by atoms with Crippen molar-refractivity contribution in [3.63, 3.8) is 0 Å². The van der Waals surface area contributed by atoms with Gasteiger partial charge in [-0.1, -0.05) is 0 Å². The number of carbonyl (C=O) groups is 2. The van der Waals surface area contributed by atoms with Crippen molar-refractivity contribution < 1.29 is 19.4 Å². The van der Waals surface area contributed by atoms with Crippen LogP contribution in [0.3, 0.4) is 0 Å². The van der Waals surface area contributed by atoms with Crippen molar-refractivity contribution in [3.8, 4) is 0 Å². The van der Waals surface area contributed by atoms with Crippen molar-refractivity contribution in [1.82, 2.24) is 4.90 Å². The molecule has 3 N–H and O–H groups in total. The van der Waals surface area contributed by atoms with E-state index in [2.05, 4.69) is 0 Å². The fourth-order valence-corrected chi connectivity index (χ4v) is 1.69. The number of carbonyl (C=O) groups excluding carboxylic acids is 1. The minimum Gasteiger partial charge on any atom is -0.480 e. The van der Waals surface area contributed by atoms with Gasteiger partial charge in [0.25, 0.3) is 0 Å². The summed E-state index contributed by atoms with van der Waals surface area (Å²) in [7, 11) is 0. The minimum absolute atomic E-state index is 0.0299. The largest absolute Gasteiger partial charge is 0.480 e. The number of carboxylic acids is 1. The van der Waals surface area contributed by atoms with Gasteiger partial charge in [-0.3, -0.25) is 4.79 Å². The van der Waals surface area contributed by atoms with E-state index in [1.54, 1.807) is 27.7 Å². The molecule has 0 radical (unpaired) electrons. The van der Waals surface area contributed by atoms with Crippen LogP contribution < -0.4 is 5.73 Å². The highest BCUT2D eigenvalue weighted by atomic mass is 16.5. The Morgan fingerprint density at radius 3 is 2.33 bits per heavy atom. The summed E-state index contributed by atoms with van der Waals surface area (Å²) in [4.78, 5) is 25.0. The van der Waals surface area contributed by atoms with Crippen molar-refractivity contribution in [1.29, 1.82) is 0 Å². The van der Waals surface area contributed by atoms with Crippen molar-refractivity contribution in [2.75, 3.05) is 19.8 Å². The number of ether oxygens (including phenoxy) is 1. The number of nitrogens with zero attached hydrogens (tertiary/aromatic N) is 1. The molecule has 1 aliphatic rings. The maximum atomic E-state index is 12.5. The molecule has 0 aromatic carbocycles. The highest BCUT2D eigenvalue weighted by molar-refractivity contribution is 5.88. The molecule has 1 atom stereocenters. The summed E-state index contributed by atoms with van der Waals surface area (Å²) in [6.45, 7) is 7.68. The van der Waals surface area contributed by atoms with Crippen LogP contribution in [0.5, 0.6) is 0 Å². The zero-order valence-corrected chi connectivity index (χ0v) is 11.4. The third-order valence-corrected chi connectivity index (χ3v) is 3.82. The molecule has 104 valence electrons. The molecular weight excluding hydrogens is 236 g/mol. The molecule has 6 nitrogen and oxygen atoms in total. The van der Waals surface area contributed by atoms with Crippen LogP contribution in [0.1, 0.15) is 27.7 Å². The van der Waals surface area contributed by atoms with Crippen molar-refractivity contribution in [2.24, 2.45) is 11.1 Å². The standard InChI is InChI=1S/C12H22N2O4/c1-11(2,12(3,4)13)10(17)14-5-6-18-7-8(14)9(15)16/h8H,5-7,13H2,1-4H3,(H,15,16). The first-order chi connectivity index (χ1) is 8.09. The van der Waals surface area contributed by atoms with E-state index in [4.69, 9.17) is 15.6 Å².